The maximum Gasteiger partial charge on any atom is 0.243 e. The van der Waals surface area contributed by atoms with Crippen molar-refractivity contribution in [3.05, 3.63) is 29.3 Å². The second kappa shape index (κ2) is 5.78. The summed E-state index contributed by atoms with van der Waals surface area (Å²) in [6, 6.07) is 0. The number of aromatic nitrogens is 4. The summed E-state index contributed by atoms with van der Waals surface area (Å²) < 4.78 is 28.7. The van der Waals surface area contributed by atoms with Gasteiger partial charge < -0.3 is 5.32 Å². The molecular formula is C12H18N6O2S. The molecule has 2 aromatic heterocycles. The zero-order valence-electron chi connectivity index (χ0n) is 12.4. The van der Waals surface area contributed by atoms with Crippen LogP contribution in [0.2, 0.25) is 0 Å². The first-order valence-electron chi connectivity index (χ1n) is 6.33. The second-order valence-corrected chi connectivity index (χ2v) is 6.36. The van der Waals surface area contributed by atoms with Crippen LogP contribution < -0.4 is 10.0 Å². The Morgan fingerprint density at radius 3 is 2.33 bits per heavy atom. The van der Waals surface area contributed by atoms with Crippen molar-refractivity contribution in [1.29, 1.82) is 0 Å². The van der Waals surface area contributed by atoms with Crippen LogP contribution in [0.3, 0.4) is 0 Å². The quantitative estimate of drug-likeness (QED) is 0.826. The van der Waals surface area contributed by atoms with E-state index in [0.717, 1.165) is 17.0 Å². The van der Waals surface area contributed by atoms with Gasteiger partial charge in [-0.2, -0.15) is 5.10 Å². The van der Waals surface area contributed by atoms with Gasteiger partial charge in [0.25, 0.3) is 0 Å². The molecule has 0 fully saturated rings. The van der Waals surface area contributed by atoms with Crippen molar-refractivity contribution >= 4 is 16.0 Å². The molecule has 21 heavy (non-hydrogen) atoms. The van der Waals surface area contributed by atoms with E-state index in [2.05, 4.69) is 25.1 Å². The minimum absolute atomic E-state index is 0.0284. The topological polar surface area (TPSA) is 102 Å². The highest BCUT2D eigenvalue weighted by Gasteiger charge is 2.17. The molecule has 8 nitrogen and oxygen atoms in total. The molecule has 0 saturated carbocycles. The zero-order valence-corrected chi connectivity index (χ0v) is 13.2. The smallest absolute Gasteiger partial charge is 0.243 e. The summed E-state index contributed by atoms with van der Waals surface area (Å²) in [5.74, 6) is 0.368. The first-order chi connectivity index (χ1) is 9.85. The Morgan fingerprint density at radius 2 is 1.86 bits per heavy atom. The third kappa shape index (κ3) is 3.19. The number of anilines is 1. The summed E-state index contributed by atoms with van der Waals surface area (Å²) in [7, 11) is -0.161. The first kappa shape index (κ1) is 15.4. The summed E-state index contributed by atoms with van der Waals surface area (Å²) in [5.41, 5.74) is 2.60. The highest BCUT2D eigenvalue weighted by atomic mass is 32.2. The Kier molecular flexibility index (Phi) is 4.24. The summed E-state index contributed by atoms with van der Waals surface area (Å²) in [6.07, 6.45) is 2.54. The Hall–Kier alpha value is -2.00. The lowest BCUT2D eigenvalue weighted by Gasteiger charge is -2.07. The summed E-state index contributed by atoms with van der Waals surface area (Å²) in [4.78, 5) is 7.83. The maximum absolute atomic E-state index is 12.2. The van der Waals surface area contributed by atoms with Crippen LogP contribution in [-0.2, 0) is 23.6 Å². The molecule has 9 heteroatoms. The van der Waals surface area contributed by atoms with E-state index in [9.17, 15) is 8.42 Å². The molecule has 0 unspecified atom stereocenters. The Labute approximate surface area is 123 Å². The van der Waals surface area contributed by atoms with Gasteiger partial charge in [0.05, 0.1) is 18.1 Å². The van der Waals surface area contributed by atoms with E-state index < -0.39 is 10.0 Å². The van der Waals surface area contributed by atoms with Crippen molar-refractivity contribution < 1.29 is 8.42 Å². The Morgan fingerprint density at radius 1 is 1.24 bits per heavy atom. The summed E-state index contributed by atoms with van der Waals surface area (Å²) >= 11 is 0. The van der Waals surface area contributed by atoms with Gasteiger partial charge in [-0.15, -0.1) is 0 Å². The molecule has 0 saturated heterocycles. The number of nitrogens with zero attached hydrogens (tertiary/aromatic N) is 4. The van der Waals surface area contributed by atoms with Crippen molar-refractivity contribution in [3.63, 3.8) is 0 Å². The van der Waals surface area contributed by atoms with E-state index in [4.69, 9.17) is 0 Å². The molecule has 0 bridgehead atoms. The zero-order chi connectivity index (χ0) is 15.6. The maximum atomic E-state index is 12.2. The average Bonchev–Trinajstić information content (AvgIpc) is 2.70. The van der Waals surface area contributed by atoms with Crippen molar-refractivity contribution in [2.24, 2.45) is 7.05 Å². The van der Waals surface area contributed by atoms with Crippen LogP contribution in [-0.4, -0.2) is 35.2 Å². The molecule has 2 heterocycles. The fourth-order valence-electron chi connectivity index (χ4n) is 1.91. The molecular weight excluding hydrogens is 292 g/mol. The SMILES string of the molecule is CNc1ncc(S(=O)(=O)NCc2c(C)nn(C)c2C)cn1. The molecule has 114 valence electrons. The van der Waals surface area contributed by atoms with Crippen LogP contribution in [0.5, 0.6) is 0 Å². The monoisotopic (exact) mass is 310 g/mol. The molecule has 0 amide bonds. The molecule has 0 radical (unpaired) electrons. The summed E-state index contributed by atoms with van der Waals surface area (Å²) in [6.45, 7) is 3.93. The lowest BCUT2D eigenvalue weighted by atomic mass is 10.2. The van der Waals surface area contributed by atoms with Crippen LogP contribution in [0.1, 0.15) is 17.0 Å². The van der Waals surface area contributed by atoms with Crippen molar-refractivity contribution in [2.75, 3.05) is 12.4 Å². The molecule has 0 spiro atoms. The highest BCUT2D eigenvalue weighted by Crippen LogP contribution is 2.13. The molecule has 2 N–H and O–H groups in total. The minimum atomic E-state index is -3.65. The largest absolute Gasteiger partial charge is 0.357 e. The van der Waals surface area contributed by atoms with Crippen LogP contribution in [0, 0.1) is 13.8 Å². The fraction of sp³-hybridized carbons (Fsp3) is 0.417. The third-order valence-electron chi connectivity index (χ3n) is 3.26. The van der Waals surface area contributed by atoms with Gasteiger partial charge in [0.1, 0.15) is 4.90 Å². The van der Waals surface area contributed by atoms with Gasteiger partial charge in [0, 0.05) is 31.9 Å². The van der Waals surface area contributed by atoms with Gasteiger partial charge in [-0.05, 0) is 13.8 Å². The number of hydrogen-bond donors (Lipinski definition) is 2. The van der Waals surface area contributed by atoms with Crippen LogP contribution in [0.15, 0.2) is 17.3 Å². The standard InChI is InChI=1S/C12H18N6O2S/c1-8-11(9(2)18(4)17-8)7-16-21(19,20)10-5-14-12(13-3)15-6-10/h5-6,16H,7H2,1-4H3,(H,13,14,15). The molecule has 2 aromatic rings. The van der Waals surface area contributed by atoms with Crippen molar-refractivity contribution in [3.8, 4) is 0 Å². The highest BCUT2D eigenvalue weighted by molar-refractivity contribution is 7.89. The Balaban J connectivity index is 2.17. The molecule has 0 aliphatic heterocycles. The van der Waals surface area contributed by atoms with Crippen molar-refractivity contribution in [1.82, 2.24) is 24.5 Å². The van der Waals surface area contributed by atoms with E-state index in [1.165, 1.54) is 12.4 Å². The van der Waals surface area contributed by atoms with E-state index in [1.807, 2.05) is 20.9 Å². The number of nitrogens with one attached hydrogen (secondary N) is 2. The lowest BCUT2D eigenvalue weighted by Crippen LogP contribution is -2.24. The predicted molar refractivity (Wildman–Crippen MR) is 78.3 cm³/mol. The van der Waals surface area contributed by atoms with Crippen LogP contribution in [0.4, 0.5) is 5.95 Å². The van der Waals surface area contributed by atoms with E-state index >= 15 is 0 Å². The van der Waals surface area contributed by atoms with Crippen LogP contribution >= 0.6 is 0 Å². The first-order valence-corrected chi connectivity index (χ1v) is 7.82. The molecule has 0 aromatic carbocycles. The molecule has 0 aliphatic carbocycles. The van der Waals surface area contributed by atoms with Crippen molar-refractivity contribution in [2.45, 2.75) is 25.3 Å². The van der Waals surface area contributed by atoms with E-state index in [1.54, 1.807) is 11.7 Å². The normalized spacial score (nSPS) is 11.6. The van der Waals surface area contributed by atoms with E-state index in [-0.39, 0.29) is 11.4 Å². The number of hydrogen-bond acceptors (Lipinski definition) is 6. The second-order valence-electron chi connectivity index (χ2n) is 4.59. The number of sulfonamides is 1. The molecule has 0 atom stereocenters. The third-order valence-corrected chi connectivity index (χ3v) is 4.62. The van der Waals surface area contributed by atoms with Gasteiger partial charge in [-0.3, -0.25) is 4.68 Å². The number of rotatable bonds is 5. The van der Waals surface area contributed by atoms with Crippen LogP contribution in [0.25, 0.3) is 0 Å². The van der Waals surface area contributed by atoms with Gasteiger partial charge in [0.15, 0.2) is 0 Å². The predicted octanol–water partition coefficient (Wildman–Crippen LogP) is 0.347. The van der Waals surface area contributed by atoms with Gasteiger partial charge in [0.2, 0.25) is 16.0 Å². The minimum Gasteiger partial charge on any atom is -0.357 e. The van der Waals surface area contributed by atoms with E-state index in [0.29, 0.717) is 5.95 Å². The number of aryl methyl sites for hydroxylation is 2. The van der Waals surface area contributed by atoms with Gasteiger partial charge in [-0.1, -0.05) is 0 Å². The molecule has 0 aliphatic rings. The van der Waals surface area contributed by atoms with Gasteiger partial charge >= 0.3 is 0 Å². The lowest BCUT2D eigenvalue weighted by molar-refractivity contribution is 0.580. The fourth-order valence-corrected chi connectivity index (χ4v) is 2.79. The summed E-state index contributed by atoms with van der Waals surface area (Å²) in [5, 5.41) is 6.99. The van der Waals surface area contributed by atoms with Gasteiger partial charge in [-0.25, -0.2) is 23.1 Å². The molecule has 2 rings (SSSR count). The Bertz CT molecular complexity index is 736. The average molecular weight is 310 g/mol.